The number of furan rings is 1. The molecular formula is C30H37FN4O4. The molecule has 3 aromatic rings. The van der Waals surface area contributed by atoms with Gasteiger partial charge in [0.15, 0.2) is 0 Å². The number of anilines is 1. The third-order valence-electron chi connectivity index (χ3n) is 6.83. The average Bonchev–Trinajstić information content (AvgIpc) is 3.36. The number of amides is 3. The van der Waals surface area contributed by atoms with E-state index in [1.54, 1.807) is 21.9 Å². The molecule has 1 aliphatic heterocycles. The molecule has 0 unspecified atom stereocenters. The van der Waals surface area contributed by atoms with E-state index < -0.39 is 0 Å². The number of urea groups is 1. The van der Waals surface area contributed by atoms with Crippen LogP contribution in [-0.4, -0.2) is 72.6 Å². The molecule has 8 nitrogen and oxygen atoms in total. The van der Waals surface area contributed by atoms with E-state index in [-0.39, 0.29) is 37.4 Å². The summed E-state index contributed by atoms with van der Waals surface area (Å²) in [5, 5.41) is 3.02. The SMILES string of the molecule is CCc1ccccc1NC(=O)N(CCN1CCOCC1)CC(=O)N(Cc1ccc(F)cc1)Cc1ccc(C)o1. The zero-order valence-electron chi connectivity index (χ0n) is 22.7. The van der Waals surface area contributed by atoms with Crippen LogP contribution in [0.1, 0.15) is 29.6 Å². The number of carbonyl (C=O) groups excluding carboxylic acids is 2. The fourth-order valence-corrected chi connectivity index (χ4v) is 4.55. The molecule has 208 valence electrons. The lowest BCUT2D eigenvalue weighted by Crippen LogP contribution is -2.48. The van der Waals surface area contributed by atoms with Crippen molar-refractivity contribution in [3.63, 3.8) is 0 Å². The lowest BCUT2D eigenvalue weighted by Gasteiger charge is -2.31. The highest BCUT2D eigenvalue weighted by Crippen LogP contribution is 2.18. The van der Waals surface area contributed by atoms with E-state index in [0.29, 0.717) is 32.1 Å². The van der Waals surface area contributed by atoms with Crippen LogP contribution in [0.5, 0.6) is 0 Å². The van der Waals surface area contributed by atoms with Crippen LogP contribution in [0.4, 0.5) is 14.9 Å². The molecule has 0 atom stereocenters. The van der Waals surface area contributed by atoms with Gasteiger partial charge in [-0.3, -0.25) is 9.69 Å². The van der Waals surface area contributed by atoms with E-state index in [0.717, 1.165) is 42.1 Å². The van der Waals surface area contributed by atoms with Crippen molar-refractivity contribution in [1.29, 1.82) is 0 Å². The van der Waals surface area contributed by atoms with Gasteiger partial charge < -0.3 is 24.3 Å². The second-order valence-corrected chi connectivity index (χ2v) is 9.71. The van der Waals surface area contributed by atoms with Gasteiger partial charge in [0.2, 0.25) is 5.91 Å². The van der Waals surface area contributed by atoms with Crippen molar-refractivity contribution < 1.29 is 23.1 Å². The van der Waals surface area contributed by atoms with Gasteiger partial charge in [0.25, 0.3) is 0 Å². The van der Waals surface area contributed by atoms with Gasteiger partial charge in [0.1, 0.15) is 23.9 Å². The van der Waals surface area contributed by atoms with Gasteiger partial charge in [-0.05, 0) is 54.8 Å². The first-order valence-electron chi connectivity index (χ1n) is 13.4. The fourth-order valence-electron chi connectivity index (χ4n) is 4.55. The zero-order chi connectivity index (χ0) is 27.6. The minimum absolute atomic E-state index is 0.106. The Bertz CT molecular complexity index is 1220. The standard InChI is InChI=1S/C30H37FN4O4/c1-3-25-6-4-5-7-28(25)32-30(37)34(15-14-33-16-18-38-19-17-33)22-29(36)35(21-27-13-8-23(2)39-27)20-24-9-11-26(31)12-10-24/h4-13H,3,14-22H2,1-2H3,(H,32,37). The van der Waals surface area contributed by atoms with Crippen molar-refractivity contribution in [2.75, 3.05) is 51.3 Å². The Labute approximate surface area is 229 Å². The molecule has 1 aliphatic rings. The third kappa shape index (κ3) is 8.40. The number of benzene rings is 2. The number of carbonyl (C=O) groups is 2. The lowest BCUT2D eigenvalue weighted by atomic mass is 10.1. The third-order valence-corrected chi connectivity index (χ3v) is 6.83. The molecule has 2 aromatic carbocycles. The lowest BCUT2D eigenvalue weighted by molar-refractivity contribution is -0.133. The summed E-state index contributed by atoms with van der Waals surface area (Å²) in [5.41, 5.74) is 2.55. The molecule has 39 heavy (non-hydrogen) atoms. The van der Waals surface area contributed by atoms with Gasteiger partial charge in [0, 0.05) is 38.4 Å². The number of para-hydroxylation sites is 1. The molecule has 1 fully saturated rings. The van der Waals surface area contributed by atoms with Gasteiger partial charge in [-0.2, -0.15) is 0 Å². The summed E-state index contributed by atoms with van der Waals surface area (Å²) in [6, 6.07) is 17.1. The van der Waals surface area contributed by atoms with Crippen LogP contribution in [0.2, 0.25) is 0 Å². The van der Waals surface area contributed by atoms with Gasteiger partial charge in [-0.25, -0.2) is 9.18 Å². The van der Waals surface area contributed by atoms with Crippen LogP contribution in [0, 0.1) is 12.7 Å². The second-order valence-electron chi connectivity index (χ2n) is 9.71. The highest BCUT2D eigenvalue weighted by atomic mass is 19.1. The number of hydrogen-bond donors (Lipinski definition) is 1. The normalized spacial score (nSPS) is 13.7. The molecule has 4 rings (SSSR count). The minimum atomic E-state index is -0.336. The van der Waals surface area contributed by atoms with Gasteiger partial charge in [-0.15, -0.1) is 0 Å². The molecule has 1 N–H and O–H groups in total. The predicted molar refractivity (Wildman–Crippen MR) is 148 cm³/mol. The quantitative estimate of drug-likeness (QED) is 0.385. The number of aryl methyl sites for hydroxylation is 2. The largest absolute Gasteiger partial charge is 0.464 e. The van der Waals surface area contributed by atoms with Crippen molar-refractivity contribution in [1.82, 2.24) is 14.7 Å². The molecule has 0 spiro atoms. The maximum absolute atomic E-state index is 13.7. The molecule has 0 saturated carbocycles. The first-order valence-corrected chi connectivity index (χ1v) is 13.4. The minimum Gasteiger partial charge on any atom is -0.464 e. The number of morpholine rings is 1. The van der Waals surface area contributed by atoms with E-state index in [1.165, 1.54) is 12.1 Å². The maximum Gasteiger partial charge on any atom is 0.322 e. The van der Waals surface area contributed by atoms with Gasteiger partial charge >= 0.3 is 6.03 Å². The van der Waals surface area contributed by atoms with Gasteiger partial charge in [-0.1, -0.05) is 37.3 Å². The molecule has 1 saturated heterocycles. The topological polar surface area (TPSA) is 78.3 Å². The summed E-state index contributed by atoms with van der Waals surface area (Å²) in [4.78, 5) is 32.7. The van der Waals surface area contributed by atoms with Crippen molar-refractivity contribution in [2.24, 2.45) is 0 Å². The van der Waals surface area contributed by atoms with Crippen LogP contribution in [0.3, 0.4) is 0 Å². The average molecular weight is 537 g/mol. The summed E-state index contributed by atoms with van der Waals surface area (Å²) < 4.78 is 24.7. The van der Waals surface area contributed by atoms with Crippen molar-refractivity contribution >= 4 is 17.6 Å². The Balaban J connectivity index is 1.52. The molecule has 3 amide bonds. The Kier molecular flexibility index (Phi) is 10.1. The Morgan fingerprint density at radius 1 is 0.974 bits per heavy atom. The summed E-state index contributed by atoms with van der Waals surface area (Å²) in [6.45, 7) is 8.18. The van der Waals surface area contributed by atoms with E-state index in [2.05, 4.69) is 10.2 Å². The van der Waals surface area contributed by atoms with Crippen LogP contribution in [-0.2, 0) is 29.0 Å². The molecule has 0 bridgehead atoms. The summed E-state index contributed by atoms with van der Waals surface area (Å²) in [6.07, 6.45) is 0.775. The first-order chi connectivity index (χ1) is 18.9. The fraction of sp³-hybridized carbons (Fsp3) is 0.400. The zero-order valence-corrected chi connectivity index (χ0v) is 22.7. The number of hydrogen-bond acceptors (Lipinski definition) is 5. The van der Waals surface area contributed by atoms with E-state index in [4.69, 9.17) is 9.15 Å². The summed E-state index contributed by atoms with van der Waals surface area (Å²) in [5.74, 6) is 0.829. The number of rotatable bonds is 11. The maximum atomic E-state index is 13.7. The monoisotopic (exact) mass is 536 g/mol. The molecule has 2 heterocycles. The number of halogens is 1. The van der Waals surface area contributed by atoms with Crippen molar-refractivity contribution in [3.05, 3.63) is 89.1 Å². The number of nitrogens with zero attached hydrogens (tertiary/aromatic N) is 3. The molecule has 9 heteroatoms. The summed E-state index contributed by atoms with van der Waals surface area (Å²) in [7, 11) is 0. The van der Waals surface area contributed by atoms with E-state index in [1.807, 2.05) is 50.2 Å². The van der Waals surface area contributed by atoms with Gasteiger partial charge in [0.05, 0.1) is 19.8 Å². The van der Waals surface area contributed by atoms with Crippen molar-refractivity contribution in [3.8, 4) is 0 Å². The predicted octanol–water partition coefficient (Wildman–Crippen LogP) is 4.68. The van der Waals surface area contributed by atoms with Crippen molar-refractivity contribution in [2.45, 2.75) is 33.4 Å². The van der Waals surface area contributed by atoms with Crippen LogP contribution >= 0.6 is 0 Å². The number of ether oxygens (including phenoxy) is 1. The number of nitrogens with one attached hydrogen (secondary N) is 1. The van der Waals surface area contributed by atoms with Crippen LogP contribution in [0.25, 0.3) is 0 Å². The van der Waals surface area contributed by atoms with E-state index in [9.17, 15) is 14.0 Å². The molecule has 0 aliphatic carbocycles. The van der Waals surface area contributed by atoms with Crippen LogP contribution in [0.15, 0.2) is 65.1 Å². The summed E-state index contributed by atoms with van der Waals surface area (Å²) >= 11 is 0. The molecule has 1 aromatic heterocycles. The first kappa shape index (κ1) is 28.3. The van der Waals surface area contributed by atoms with E-state index >= 15 is 0 Å². The highest BCUT2D eigenvalue weighted by Gasteiger charge is 2.24. The second kappa shape index (κ2) is 13.9. The Morgan fingerprint density at radius 3 is 2.41 bits per heavy atom. The Hall–Kier alpha value is -3.69. The molecular weight excluding hydrogens is 499 g/mol. The van der Waals surface area contributed by atoms with Crippen LogP contribution < -0.4 is 5.32 Å². The highest BCUT2D eigenvalue weighted by molar-refractivity contribution is 5.93. The molecule has 0 radical (unpaired) electrons. The smallest absolute Gasteiger partial charge is 0.322 e. The Morgan fingerprint density at radius 2 is 1.72 bits per heavy atom.